The molecule has 0 aromatic heterocycles. The van der Waals surface area contributed by atoms with E-state index in [-0.39, 0.29) is 17.4 Å². The van der Waals surface area contributed by atoms with E-state index in [9.17, 15) is 8.42 Å². The second-order valence-electron chi connectivity index (χ2n) is 7.37. The molecule has 0 radical (unpaired) electrons. The van der Waals surface area contributed by atoms with E-state index in [2.05, 4.69) is 20.4 Å². The molecule has 1 aromatic carbocycles. The van der Waals surface area contributed by atoms with E-state index in [4.69, 9.17) is 4.18 Å². The van der Waals surface area contributed by atoms with Gasteiger partial charge in [-0.1, -0.05) is 43.7 Å². The molecule has 0 N–H and O–H groups in total. The molecule has 3 aliphatic rings. The molecule has 1 aromatic rings. The fourth-order valence-electron chi connectivity index (χ4n) is 3.94. The lowest BCUT2D eigenvalue weighted by Crippen LogP contribution is -2.52. The van der Waals surface area contributed by atoms with E-state index in [1.54, 1.807) is 24.3 Å². The average molecular weight is 320 g/mol. The van der Waals surface area contributed by atoms with Gasteiger partial charge in [-0.05, 0) is 49.1 Å². The van der Waals surface area contributed by atoms with Crippen molar-refractivity contribution in [3.05, 3.63) is 42.0 Å². The lowest BCUT2D eigenvalue weighted by Gasteiger charge is -2.60. The smallest absolute Gasteiger partial charge is 0.266 e. The topological polar surface area (TPSA) is 43.4 Å². The molecule has 3 atom stereocenters. The molecule has 0 saturated heterocycles. The summed E-state index contributed by atoms with van der Waals surface area (Å²) in [7, 11) is -3.67. The Kier molecular flexibility index (Phi) is 3.73. The lowest BCUT2D eigenvalue weighted by molar-refractivity contribution is -0.0526. The van der Waals surface area contributed by atoms with Gasteiger partial charge in [-0.3, -0.25) is 4.18 Å². The number of hydrogen-bond donors (Lipinski definition) is 0. The normalized spacial score (nSPS) is 30.0. The summed E-state index contributed by atoms with van der Waals surface area (Å²) in [5.74, 6) is 1.35. The zero-order valence-corrected chi connectivity index (χ0v) is 14.3. The number of aryl methyl sites for hydroxylation is 1. The molecular formula is C18H24O3S. The Morgan fingerprint density at radius 3 is 2.41 bits per heavy atom. The van der Waals surface area contributed by atoms with Crippen molar-refractivity contribution in [3.8, 4) is 0 Å². The molecule has 3 saturated carbocycles. The fraction of sp³-hybridized carbons (Fsp3) is 0.556. The van der Waals surface area contributed by atoms with Gasteiger partial charge in [0.2, 0.25) is 0 Å². The molecule has 3 fully saturated rings. The third kappa shape index (κ3) is 2.52. The monoisotopic (exact) mass is 320 g/mol. The highest BCUT2D eigenvalue weighted by atomic mass is 32.2. The molecule has 22 heavy (non-hydrogen) atoms. The van der Waals surface area contributed by atoms with Crippen molar-refractivity contribution in [3.63, 3.8) is 0 Å². The molecule has 0 heterocycles. The summed E-state index contributed by atoms with van der Waals surface area (Å²) in [6.07, 6.45) is 2.19. The summed E-state index contributed by atoms with van der Waals surface area (Å²) in [5, 5.41) is 0. The van der Waals surface area contributed by atoms with Crippen LogP contribution in [-0.2, 0) is 14.3 Å². The highest BCUT2D eigenvalue weighted by Crippen LogP contribution is 2.62. The molecule has 120 valence electrons. The second-order valence-corrected chi connectivity index (χ2v) is 8.98. The molecule has 2 bridgehead atoms. The summed E-state index contributed by atoms with van der Waals surface area (Å²) in [5.41, 5.74) is 2.53. The first-order valence-electron chi connectivity index (χ1n) is 7.86. The summed E-state index contributed by atoms with van der Waals surface area (Å²) in [6.45, 7) is 10.9. The highest BCUT2D eigenvalue weighted by molar-refractivity contribution is 7.86. The van der Waals surface area contributed by atoms with Crippen molar-refractivity contribution in [1.82, 2.24) is 0 Å². The van der Waals surface area contributed by atoms with Crippen molar-refractivity contribution in [2.45, 2.75) is 38.5 Å². The highest BCUT2D eigenvalue weighted by Gasteiger charge is 2.54. The van der Waals surface area contributed by atoms with Gasteiger partial charge in [-0.2, -0.15) is 8.42 Å². The molecule has 4 rings (SSSR count). The van der Waals surface area contributed by atoms with Gasteiger partial charge in [0.25, 0.3) is 10.1 Å². The standard InChI is InChI=1S/C18H24O3S/c1-12-5-7-16(8-6-12)22(19,20)21-11-14-9-15-10-17(13(14)2)18(15,3)4/h5-8,14-15,17H,2,9-11H2,1,3-4H3/t14-,15-,17+/m0/s1. The third-order valence-electron chi connectivity index (χ3n) is 5.75. The maximum atomic E-state index is 12.3. The third-order valence-corrected chi connectivity index (χ3v) is 7.04. The SMILES string of the molecule is C=C1[C@H](COS(=O)(=O)c2ccc(C)cc2)C[C@H]2C[C@H]1C2(C)C. The summed E-state index contributed by atoms with van der Waals surface area (Å²) in [6, 6.07) is 6.77. The Labute approximate surface area is 133 Å². The van der Waals surface area contributed by atoms with Crippen molar-refractivity contribution in [1.29, 1.82) is 0 Å². The number of hydrogen-bond acceptors (Lipinski definition) is 3. The minimum atomic E-state index is -3.67. The van der Waals surface area contributed by atoms with Gasteiger partial charge in [-0.15, -0.1) is 0 Å². The Bertz CT molecular complexity index is 686. The van der Waals surface area contributed by atoms with E-state index >= 15 is 0 Å². The zero-order valence-electron chi connectivity index (χ0n) is 13.5. The molecule has 0 amide bonds. The fourth-order valence-corrected chi connectivity index (χ4v) is 4.89. The van der Waals surface area contributed by atoms with Gasteiger partial charge < -0.3 is 0 Å². The predicted octanol–water partition coefficient (Wildman–Crippen LogP) is 3.94. The van der Waals surface area contributed by atoms with Crippen LogP contribution in [0, 0.1) is 30.1 Å². The minimum absolute atomic E-state index is 0.164. The average Bonchev–Trinajstić information content (AvgIpc) is 2.46. The first-order valence-corrected chi connectivity index (χ1v) is 9.27. The summed E-state index contributed by atoms with van der Waals surface area (Å²) < 4.78 is 29.8. The number of rotatable bonds is 4. The molecule has 3 nitrogen and oxygen atoms in total. The van der Waals surface area contributed by atoms with Crippen LogP contribution in [0.4, 0.5) is 0 Å². The largest absolute Gasteiger partial charge is 0.296 e. The van der Waals surface area contributed by atoms with E-state index < -0.39 is 10.1 Å². The maximum absolute atomic E-state index is 12.3. The number of benzene rings is 1. The van der Waals surface area contributed by atoms with Gasteiger partial charge in [0, 0.05) is 5.92 Å². The van der Waals surface area contributed by atoms with E-state index in [0.29, 0.717) is 17.3 Å². The molecule has 0 aliphatic heterocycles. The number of fused-ring (bicyclic) bond motifs is 2. The Balaban J connectivity index is 1.66. The zero-order chi connectivity index (χ0) is 16.1. The molecule has 0 spiro atoms. The minimum Gasteiger partial charge on any atom is -0.266 e. The van der Waals surface area contributed by atoms with Gasteiger partial charge in [0.15, 0.2) is 0 Å². The van der Waals surface area contributed by atoms with Crippen LogP contribution in [0.25, 0.3) is 0 Å². The van der Waals surface area contributed by atoms with Gasteiger partial charge in [0.05, 0.1) is 11.5 Å². The van der Waals surface area contributed by atoms with E-state index in [1.165, 1.54) is 12.0 Å². The molecule has 3 aliphatic carbocycles. The Morgan fingerprint density at radius 2 is 1.86 bits per heavy atom. The Hall–Kier alpha value is -1.13. The van der Waals surface area contributed by atoms with Crippen LogP contribution in [0.2, 0.25) is 0 Å². The van der Waals surface area contributed by atoms with Gasteiger partial charge >= 0.3 is 0 Å². The quantitative estimate of drug-likeness (QED) is 0.623. The van der Waals surface area contributed by atoms with Crippen LogP contribution in [-0.4, -0.2) is 15.0 Å². The van der Waals surface area contributed by atoms with Gasteiger partial charge in [-0.25, -0.2) is 0 Å². The lowest BCUT2D eigenvalue weighted by atomic mass is 9.45. The van der Waals surface area contributed by atoms with E-state index in [0.717, 1.165) is 12.0 Å². The molecule has 0 unspecified atom stereocenters. The maximum Gasteiger partial charge on any atom is 0.296 e. The van der Waals surface area contributed by atoms with Crippen LogP contribution < -0.4 is 0 Å². The Morgan fingerprint density at radius 1 is 1.23 bits per heavy atom. The molecule has 4 heteroatoms. The van der Waals surface area contributed by atoms with Crippen molar-refractivity contribution in [2.75, 3.05) is 6.61 Å². The van der Waals surface area contributed by atoms with Crippen LogP contribution in [0.3, 0.4) is 0 Å². The first-order chi connectivity index (χ1) is 10.2. The van der Waals surface area contributed by atoms with Crippen LogP contribution in [0.15, 0.2) is 41.3 Å². The summed E-state index contributed by atoms with van der Waals surface area (Å²) in [4.78, 5) is 0.227. The van der Waals surface area contributed by atoms with Crippen molar-refractivity contribution >= 4 is 10.1 Å². The first kappa shape index (κ1) is 15.8. The van der Waals surface area contributed by atoms with Crippen LogP contribution >= 0.6 is 0 Å². The van der Waals surface area contributed by atoms with Crippen molar-refractivity contribution in [2.24, 2.45) is 23.2 Å². The van der Waals surface area contributed by atoms with Crippen molar-refractivity contribution < 1.29 is 12.6 Å². The van der Waals surface area contributed by atoms with Crippen LogP contribution in [0.5, 0.6) is 0 Å². The van der Waals surface area contributed by atoms with E-state index in [1.807, 2.05) is 6.92 Å². The molecular weight excluding hydrogens is 296 g/mol. The summed E-state index contributed by atoms with van der Waals surface area (Å²) >= 11 is 0. The van der Waals surface area contributed by atoms with Crippen LogP contribution in [0.1, 0.15) is 32.3 Å². The second kappa shape index (κ2) is 5.20. The predicted molar refractivity (Wildman–Crippen MR) is 86.9 cm³/mol. The van der Waals surface area contributed by atoms with Gasteiger partial charge in [0.1, 0.15) is 0 Å².